The van der Waals surface area contributed by atoms with Crippen LogP contribution in [0.15, 0.2) is 59.1 Å². The molecule has 3 N–H and O–H groups in total. The highest BCUT2D eigenvalue weighted by Gasteiger charge is 2.32. The summed E-state index contributed by atoms with van der Waals surface area (Å²) in [5, 5.41) is 13.0. The fraction of sp³-hybridized carbons (Fsp3) is 0. The van der Waals surface area contributed by atoms with E-state index in [1.807, 2.05) is 0 Å². The zero-order valence-electron chi connectivity index (χ0n) is 11.6. The molecule has 23 heavy (non-hydrogen) atoms. The average Bonchev–Trinajstić information content (AvgIpc) is 2.53. The molecule has 1 aliphatic heterocycles. The minimum atomic E-state index is -3.93. The standard InChI is InChI=1S/C15H11ClN2O4S/c16-10-6-2-3-7-11(10)17-15(20)13-14(19)9-5-1-4-8-12(9)23(21,22)18-13/h1-8,18-19H,(H,17,20). The Balaban J connectivity index is 2.03. The molecule has 6 nitrogen and oxygen atoms in total. The van der Waals surface area contributed by atoms with Gasteiger partial charge in [-0.05, 0) is 24.3 Å². The Hall–Kier alpha value is -2.51. The first-order valence-electron chi connectivity index (χ1n) is 6.51. The molecule has 3 rings (SSSR count). The first-order chi connectivity index (χ1) is 10.9. The van der Waals surface area contributed by atoms with Crippen molar-refractivity contribution in [2.24, 2.45) is 0 Å². The molecule has 1 amide bonds. The largest absolute Gasteiger partial charge is 0.505 e. The molecule has 0 saturated carbocycles. The molecule has 1 heterocycles. The Kier molecular flexibility index (Phi) is 3.75. The summed E-state index contributed by atoms with van der Waals surface area (Å²) >= 11 is 5.95. The van der Waals surface area contributed by atoms with Gasteiger partial charge < -0.3 is 10.4 Å². The van der Waals surface area contributed by atoms with Crippen LogP contribution < -0.4 is 10.0 Å². The Morgan fingerprint density at radius 3 is 2.48 bits per heavy atom. The van der Waals surface area contributed by atoms with E-state index in [2.05, 4.69) is 10.0 Å². The minimum absolute atomic E-state index is 0.0653. The van der Waals surface area contributed by atoms with Crippen molar-refractivity contribution in [1.82, 2.24) is 4.72 Å². The highest BCUT2D eigenvalue weighted by atomic mass is 35.5. The first-order valence-corrected chi connectivity index (χ1v) is 8.37. The number of benzene rings is 2. The number of para-hydroxylation sites is 1. The molecule has 0 saturated heterocycles. The molecule has 0 unspecified atom stereocenters. The number of hydrogen-bond acceptors (Lipinski definition) is 4. The molecule has 2 aromatic carbocycles. The summed E-state index contributed by atoms with van der Waals surface area (Å²) in [6, 6.07) is 12.3. The normalized spacial score (nSPS) is 15.5. The Morgan fingerprint density at radius 2 is 1.74 bits per heavy atom. The molecule has 1 aliphatic rings. The maximum absolute atomic E-state index is 12.3. The number of anilines is 1. The fourth-order valence-electron chi connectivity index (χ4n) is 2.17. The number of nitrogens with one attached hydrogen (secondary N) is 2. The van der Waals surface area contributed by atoms with E-state index < -0.39 is 27.4 Å². The van der Waals surface area contributed by atoms with Gasteiger partial charge in [0, 0.05) is 5.56 Å². The van der Waals surface area contributed by atoms with Crippen molar-refractivity contribution in [2.45, 2.75) is 4.90 Å². The van der Waals surface area contributed by atoms with E-state index in [4.69, 9.17) is 11.6 Å². The van der Waals surface area contributed by atoms with Gasteiger partial charge in [0.05, 0.1) is 15.6 Å². The third-order valence-corrected chi connectivity index (χ3v) is 4.99. The lowest BCUT2D eigenvalue weighted by Gasteiger charge is -2.21. The van der Waals surface area contributed by atoms with Crippen LogP contribution in [0.2, 0.25) is 5.02 Å². The number of aliphatic hydroxyl groups excluding tert-OH is 1. The van der Waals surface area contributed by atoms with Crippen molar-refractivity contribution < 1.29 is 18.3 Å². The van der Waals surface area contributed by atoms with Crippen molar-refractivity contribution >= 4 is 39.0 Å². The average molecular weight is 351 g/mol. The van der Waals surface area contributed by atoms with E-state index in [1.54, 1.807) is 30.3 Å². The van der Waals surface area contributed by atoms with Gasteiger partial charge in [0.25, 0.3) is 15.9 Å². The van der Waals surface area contributed by atoms with Crippen LogP contribution in [0.3, 0.4) is 0 Å². The first kappa shape index (κ1) is 15.4. The molecular formula is C15H11ClN2O4S. The second-order valence-electron chi connectivity index (χ2n) is 4.76. The maximum atomic E-state index is 12.3. The van der Waals surface area contributed by atoms with Crippen LogP contribution in [-0.4, -0.2) is 19.4 Å². The summed E-state index contributed by atoms with van der Waals surface area (Å²) in [6.07, 6.45) is 0. The molecule has 8 heteroatoms. The predicted molar refractivity (Wildman–Crippen MR) is 86.4 cm³/mol. The summed E-state index contributed by atoms with van der Waals surface area (Å²) in [5.41, 5.74) is -0.0864. The summed E-state index contributed by atoms with van der Waals surface area (Å²) in [6.45, 7) is 0. The van der Waals surface area contributed by atoms with E-state index in [9.17, 15) is 18.3 Å². The van der Waals surface area contributed by atoms with Crippen LogP contribution in [0, 0.1) is 0 Å². The smallest absolute Gasteiger partial charge is 0.276 e. The number of sulfonamides is 1. The third-order valence-electron chi connectivity index (χ3n) is 3.25. The summed E-state index contributed by atoms with van der Waals surface area (Å²) < 4.78 is 26.5. The van der Waals surface area contributed by atoms with Gasteiger partial charge in [0.1, 0.15) is 0 Å². The zero-order valence-corrected chi connectivity index (χ0v) is 13.1. The van der Waals surface area contributed by atoms with Gasteiger partial charge >= 0.3 is 0 Å². The lowest BCUT2D eigenvalue weighted by Crippen LogP contribution is -2.35. The predicted octanol–water partition coefficient (Wildman–Crippen LogP) is 2.50. The van der Waals surface area contributed by atoms with Crippen LogP contribution in [-0.2, 0) is 14.8 Å². The van der Waals surface area contributed by atoms with E-state index in [0.717, 1.165) is 0 Å². The number of rotatable bonds is 2. The quantitative estimate of drug-likeness (QED) is 0.775. The van der Waals surface area contributed by atoms with Gasteiger partial charge in [-0.2, -0.15) is 0 Å². The van der Waals surface area contributed by atoms with Gasteiger partial charge in [-0.1, -0.05) is 35.9 Å². The second kappa shape index (κ2) is 5.60. The van der Waals surface area contributed by atoms with Gasteiger partial charge in [0.2, 0.25) is 0 Å². The van der Waals surface area contributed by atoms with Gasteiger partial charge in [-0.15, -0.1) is 0 Å². The zero-order chi connectivity index (χ0) is 16.6. The van der Waals surface area contributed by atoms with Crippen LogP contribution >= 0.6 is 11.6 Å². The molecule has 118 valence electrons. The topological polar surface area (TPSA) is 95.5 Å². The van der Waals surface area contributed by atoms with Crippen molar-refractivity contribution in [3.05, 3.63) is 64.8 Å². The number of amides is 1. The molecule has 0 bridgehead atoms. The highest BCUT2D eigenvalue weighted by molar-refractivity contribution is 7.89. The Bertz CT molecular complexity index is 938. The Morgan fingerprint density at radius 1 is 1.09 bits per heavy atom. The molecule has 2 aromatic rings. The maximum Gasteiger partial charge on any atom is 0.276 e. The molecule has 0 fully saturated rings. The summed E-state index contributed by atoms with van der Waals surface area (Å²) in [5.74, 6) is -1.26. The van der Waals surface area contributed by atoms with Crippen LogP contribution in [0.25, 0.3) is 5.76 Å². The molecular weight excluding hydrogens is 340 g/mol. The number of carbonyl (C=O) groups is 1. The Labute approximate surface area is 137 Å². The van der Waals surface area contributed by atoms with E-state index in [1.165, 1.54) is 18.2 Å². The summed E-state index contributed by atoms with van der Waals surface area (Å²) in [4.78, 5) is 12.2. The van der Waals surface area contributed by atoms with Gasteiger partial charge in [0.15, 0.2) is 11.5 Å². The number of aliphatic hydroxyl groups is 1. The number of fused-ring (bicyclic) bond motifs is 1. The molecule has 0 atom stereocenters. The van der Waals surface area contributed by atoms with Crippen molar-refractivity contribution in [1.29, 1.82) is 0 Å². The number of halogens is 1. The van der Waals surface area contributed by atoms with Crippen molar-refractivity contribution in [2.75, 3.05) is 5.32 Å². The van der Waals surface area contributed by atoms with Crippen molar-refractivity contribution in [3.63, 3.8) is 0 Å². The highest BCUT2D eigenvalue weighted by Crippen LogP contribution is 2.29. The van der Waals surface area contributed by atoms with E-state index >= 15 is 0 Å². The van der Waals surface area contributed by atoms with Crippen LogP contribution in [0.5, 0.6) is 0 Å². The van der Waals surface area contributed by atoms with Crippen LogP contribution in [0.1, 0.15) is 5.56 Å². The lowest BCUT2D eigenvalue weighted by atomic mass is 10.1. The van der Waals surface area contributed by atoms with Gasteiger partial charge in [-0.3, -0.25) is 9.52 Å². The summed E-state index contributed by atoms with van der Waals surface area (Å²) in [7, 11) is -3.93. The molecule has 0 aliphatic carbocycles. The third kappa shape index (κ3) is 2.76. The SMILES string of the molecule is O=C(Nc1ccccc1Cl)C1=C(O)c2ccccc2S(=O)(=O)N1. The fourth-order valence-corrected chi connectivity index (χ4v) is 3.63. The molecule has 0 spiro atoms. The van der Waals surface area contributed by atoms with Crippen molar-refractivity contribution in [3.8, 4) is 0 Å². The van der Waals surface area contributed by atoms with E-state index in [-0.39, 0.29) is 10.5 Å². The molecule has 0 aromatic heterocycles. The lowest BCUT2D eigenvalue weighted by molar-refractivity contribution is -0.113. The second-order valence-corrected chi connectivity index (χ2v) is 6.82. The van der Waals surface area contributed by atoms with Gasteiger partial charge in [-0.25, -0.2) is 8.42 Å². The monoisotopic (exact) mass is 350 g/mol. The minimum Gasteiger partial charge on any atom is -0.505 e. The number of carbonyl (C=O) groups excluding carboxylic acids is 1. The van der Waals surface area contributed by atoms with E-state index in [0.29, 0.717) is 10.7 Å². The van der Waals surface area contributed by atoms with Crippen LogP contribution in [0.4, 0.5) is 5.69 Å². The molecule has 0 radical (unpaired) electrons. The number of hydrogen-bond donors (Lipinski definition) is 3.